The molecule has 3 rings (SSSR count). The van der Waals surface area contributed by atoms with Crippen molar-refractivity contribution in [3.63, 3.8) is 0 Å². The van der Waals surface area contributed by atoms with Crippen molar-refractivity contribution in [1.82, 2.24) is 9.55 Å². The predicted molar refractivity (Wildman–Crippen MR) is 96.7 cm³/mol. The number of nitro groups is 1. The molecule has 0 radical (unpaired) electrons. The SMILES string of the molecule is NC(=O)c1ccc(NCc2ccc(Cn3ccnc3)cc2)c([N+](=O)[O-])c1. The van der Waals surface area contributed by atoms with Crippen molar-refractivity contribution in [3.05, 3.63) is 88.0 Å². The van der Waals surface area contributed by atoms with E-state index in [2.05, 4.69) is 10.3 Å². The van der Waals surface area contributed by atoms with Gasteiger partial charge < -0.3 is 15.6 Å². The van der Waals surface area contributed by atoms with Gasteiger partial charge in [-0.05, 0) is 23.3 Å². The lowest BCUT2D eigenvalue weighted by atomic mass is 10.1. The second-order valence-corrected chi connectivity index (χ2v) is 5.76. The number of benzene rings is 2. The van der Waals surface area contributed by atoms with Gasteiger partial charge in [0.2, 0.25) is 5.91 Å². The molecule has 0 unspecified atom stereocenters. The molecule has 0 aliphatic rings. The van der Waals surface area contributed by atoms with Crippen LogP contribution in [0.3, 0.4) is 0 Å². The zero-order valence-corrected chi connectivity index (χ0v) is 13.8. The van der Waals surface area contributed by atoms with Crippen LogP contribution in [-0.2, 0) is 13.1 Å². The van der Waals surface area contributed by atoms with Crippen molar-refractivity contribution >= 4 is 17.3 Å². The molecule has 26 heavy (non-hydrogen) atoms. The van der Waals surface area contributed by atoms with Gasteiger partial charge in [-0.15, -0.1) is 0 Å². The molecule has 8 nitrogen and oxygen atoms in total. The Morgan fingerprint density at radius 3 is 2.54 bits per heavy atom. The van der Waals surface area contributed by atoms with Crippen LogP contribution in [-0.4, -0.2) is 20.4 Å². The Bertz CT molecular complexity index is 921. The van der Waals surface area contributed by atoms with Gasteiger partial charge in [0.15, 0.2) is 0 Å². The maximum atomic E-state index is 11.2. The molecule has 0 bridgehead atoms. The van der Waals surface area contributed by atoms with E-state index in [0.717, 1.165) is 17.7 Å². The fourth-order valence-electron chi connectivity index (χ4n) is 2.54. The number of imidazole rings is 1. The number of carbonyl (C=O) groups excluding carboxylic acids is 1. The molecule has 0 aliphatic heterocycles. The van der Waals surface area contributed by atoms with E-state index < -0.39 is 10.8 Å². The van der Waals surface area contributed by atoms with Gasteiger partial charge in [0, 0.05) is 37.1 Å². The Morgan fingerprint density at radius 2 is 1.92 bits per heavy atom. The number of hydrogen-bond donors (Lipinski definition) is 2. The summed E-state index contributed by atoms with van der Waals surface area (Å²) in [6.45, 7) is 1.15. The molecule has 0 saturated carbocycles. The summed E-state index contributed by atoms with van der Waals surface area (Å²) in [5.41, 5.74) is 7.54. The molecule has 1 aromatic heterocycles. The maximum absolute atomic E-state index is 11.2. The Morgan fingerprint density at radius 1 is 1.19 bits per heavy atom. The Kier molecular flexibility index (Phi) is 4.93. The fourth-order valence-corrected chi connectivity index (χ4v) is 2.54. The number of carbonyl (C=O) groups is 1. The van der Waals surface area contributed by atoms with Crippen molar-refractivity contribution < 1.29 is 9.72 Å². The summed E-state index contributed by atoms with van der Waals surface area (Å²) in [5.74, 6) is -0.701. The maximum Gasteiger partial charge on any atom is 0.293 e. The summed E-state index contributed by atoms with van der Waals surface area (Å²) in [5, 5.41) is 14.2. The van der Waals surface area contributed by atoms with E-state index in [-0.39, 0.29) is 11.3 Å². The van der Waals surface area contributed by atoms with Crippen LogP contribution in [0.25, 0.3) is 0 Å². The minimum absolute atomic E-state index is 0.103. The molecule has 0 spiro atoms. The zero-order valence-electron chi connectivity index (χ0n) is 13.8. The summed E-state index contributed by atoms with van der Waals surface area (Å²) >= 11 is 0. The summed E-state index contributed by atoms with van der Waals surface area (Å²) < 4.78 is 1.97. The van der Waals surface area contributed by atoms with Gasteiger partial charge in [-0.2, -0.15) is 0 Å². The number of nitrogens with two attached hydrogens (primary N) is 1. The Hall–Kier alpha value is -3.68. The second-order valence-electron chi connectivity index (χ2n) is 5.76. The largest absolute Gasteiger partial charge is 0.375 e. The third kappa shape index (κ3) is 4.04. The number of nitrogens with zero attached hydrogens (tertiary/aromatic N) is 3. The summed E-state index contributed by atoms with van der Waals surface area (Å²) in [6.07, 6.45) is 5.38. The minimum atomic E-state index is -0.701. The van der Waals surface area contributed by atoms with Crippen LogP contribution in [0.2, 0.25) is 0 Å². The predicted octanol–water partition coefficient (Wildman–Crippen LogP) is 2.55. The van der Waals surface area contributed by atoms with E-state index in [1.165, 1.54) is 18.2 Å². The number of nitro benzene ring substituents is 1. The van der Waals surface area contributed by atoms with Gasteiger partial charge in [0.05, 0.1) is 11.3 Å². The van der Waals surface area contributed by atoms with E-state index in [0.29, 0.717) is 12.2 Å². The molecule has 8 heteroatoms. The van der Waals surface area contributed by atoms with Crippen LogP contribution in [0.5, 0.6) is 0 Å². The highest BCUT2D eigenvalue weighted by Gasteiger charge is 2.16. The van der Waals surface area contributed by atoms with Crippen LogP contribution in [0, 0.1) is 10.1 Å². The first-order valence-electron chi connectivity index (χ1n) is 7.88. The lowest BCUT2D eigenvalue weighted by Crippen LogP contribution is -2.12. The van der Waals surface area contributed by atoms with Gasteiger partial charge in [-0.25, -0.2) is 4.98 Å². The number of nitrogens with one attached hydrogen (secondary N) is 1. The molecule has 3 aromatic rings. The molecular weight excluding hydrogens is 334 g/mol. The lowest BCUT2D eigenvalue weighted by Gasteiger charge is -2.09. The zero-order chi connectivity index (χ0) is 18.5. The van der Waals surface area contributed by atoms with Crippen LogP contribution < -0.4 is 11.1 Å². The van der Waals surface area contributed by atoms with Crippen molar-refractivity contribution in [2.75, 3.05) is 5.32 Å². The molecular formula is C18H17N5O3. The molecule has 132 valence electrons. The van der Waals surface area contributed by atoms with Gasteiger partial charge in [-0.1, -0.05) is 24.3 Å². The molecule has 0 saturated heterocycles. The summed E-state index contributed by atoms with van der Waals surface area (Å²) in [4.78, 5) is 25.9. The molecule has 2 aromatic carbocycles. The minimum Gasteiger partial charge on any atom is -0.375 e. The molecule has 1 amide bonds. The Labute approximate surface area is 149 Å². The number of amides is 1. The number of rotatable bonds is 7. The first-order chi connectivity index (χ1) is 12.5. The highest BCUT2D eigenvalue weighted by molar-refractivity contribution is 5.94. The molecule has 1 heterocycles. The van der Waals surface area contributed by atoms with E-state index in [9.17, 15) is 14.9 Å². The fraction of sp³-hybridized carbons (Fsp3) is 0.111. The van der Waals surface area contributed by atoms with Gasteiger partial charge in [0.25, 0.3) is 5.69 Å². The second kappa shape index (κ2) is 7.47. The highest BCUT2D eigenvalue weighted by Crippen LogP contribution is 2.26. The normalized spacial score (nSPS) is 10.5. The smallest absolute Gasteiger partial charge is 0.293 e. The third-order valence-electron chi connectivity index (χ3n) is 3.91. The third-order valence-corrected chi connectivity index (χ3v) is 3.91. The number of anilines is 1. The number of hydrogen-bond acceptors (Lipinski definition) is 5. The first-order valence-corrected chi connectivity index (χ1v) is 7.88. The molecule has 0 aliphatic carbocycles. The quantitative estimate of drug-likeness (QED) is 0.501. The first kappa shape index (κ1) is 17.2. The van der Waals surface area contributed by atoms with Crippen molar-refractivity contribution in [2.24, 2.45) is 5.73 Å². The van der Waals surface area contributed by atoms with Gasteiger partial charge >= 0.3 is 0 Å². The summed E-state index contributed by atoms with van der Waals surface area (Å²) in [7, 11) is 0. The highest BCUT2D eigenvalue weighted by atomic mass is 16.6. The van der Waals surface area contributed by atoms with E-state index in [4.69, 9.17) is 5.73 Å². The summed E-state index contributed by atoms with van der Waals surface area (Å²) in [6, 6.07) is 12.1. The Balaban J connectivity index is 1.68. The average Bonchev–Trinajstić information content (AvgIpc) is 3.14. The topological polar surface area (TPSA) is 116 Å². The van der Waals surface area contributed by atoms with Crippen LogP contribution >= 0.6 is 0 Å². The van der Waals surface area contributed by atoms with Crippen LogP contribution in [0.15, 0.2) is 61.2 Å². The van der Waals surface area contributed by atoms with Gasteiger partial charge in [-0.3, -0.25) is 14.9 Å². The average molecular weight is 351 g/mol. The number of primary amides is 1. The standard InChI is InChI=1S/C18H17N5O3/c19-18(24)15-5-6-16(17(9-15)23(25)26)21-10-13-1-3-14(4-2-13)11-22-8-7-20-12-22/h1-9,12,21H,10-11H2,(H2,19,24). The van der Waals surface area contributed by atoms with Crippen LogP contribution in [0.4, 0.5) is 11.4 Å². The van der Waals surface area contributed by atoms with E-state index in [1.54, 1.807) is 12.5 Å². The van der Waals surface area contributed by atoms with Crippen molar-refractivity contribution in [3.8, 4) is 0 Å². The van der Waals surface area contributed by atoms with E-state index >= 15 is 0 Å². The lowest BCUT2D eigenvalue weighted by molar-refractivity contribution is -0.384. The van der Waals surface area contributed by atoms with E-state index in [1.807, 2.05) is 35.0 Å². The van der Waals surface area contributed by atoms with Crippen molar-refractivity contribution in [2.45, 2.75) is 13.1 Å². The molecule has 0 fully saturated rings. The molecule has 0 atom stereocenters. The molecule has 3 N–H and O–H groups in total. The van der Waals surface area contributed by atoms with Crippen LogP contribution in [0.1, 0.15) is 21.5 Å². The van der Waals surface area contributed by atoms with Gasteiger partial charge in [0.1, 0.15) is 5.69 Å². The van der Waals surface area contributed by atoms with Crippen molar-refractivity contribution in [1.29, 1.82) is 0 Å². The number of aromatic nitrogens is 2. The monoisotopic (exact) mass is 351 g/mol.